The topological polar surface area (TPSA) is 13.1 Å². The van der Waals surface area contributed by atoms with Gasteiger partial charge in [-0.05, 0) is 0 Å². The van der Waals surface area contributed by atoms with Crippen molar-refractivity contribution in [2.45, 2.75) is 77.0 Å². The maximum absolute atomic E-state index is 5.31. The van der Waals surface area contributed by atoms with Gasteiger partial charge < -0.3 is 0 Å². The van der Waals surface area contributed by atoms with Crippen LogP contribution in [0.1, 0.15) is 64.9 Å². The van der Waals surface area contributed by atoms with Gasteiger partial charge in [-0.1, -0.05) is 0 Å². The first-order valence-electron chi connectivity index (χ1n) is 8.27. The van der Waals surface area contributed by atoms with E-state index in [2.05, 4.69) is 26.8 Å². The van der Waals surface area contributed by atoms with Crippen molar-refractivity contribution >= 4 is 18.4 Å². The van der Waals surface area contributed by atoms with Crippen molar-refractivity contribution in [3.05, 3.63) is 24.2 Å². The Labute approximate surface area is 124 Å². The summed E-state index contributed by atoms with van der Waals surface area (Å²) >= 11 is -1.96. The van der Waals surface area contributed by atoms with Gasteiger partial charge in [-0.15, -0.1) is 0 Å². The van der Waals surface area contributed by atoms with Crippen LogP contribution in [0.5, 0.6) is 0 Å². The Balaban J connectivity index is 2.74. The third-order valence-electron chi connectivity index (χ3n) is 4.34. The van der Waals surface area contributed by atoms with Gasteiger partial charge in [-0.2, -0.15) is 0 Å². The van der Waals surface area contributed by atoms with E-state index in [0.29, 0.717) is 0 Å². The molecule has 1 aromatic rings. The maximum atomic E-state index is 5.31. The Bertz CT molecular complexity index is 283. The SMILES string of the molecule is CCC[CH2][Sn]([CH2]CCC)([CH2]CCC)[CH2]c1ccoc1. The van der Waals surface area contributed by atoms with E-state index in [1.165, 1.54) is 48.5 Å². The Morgan fingerprint density at radius 1 is 0.895 bits per heavy atom. The van der Waals surface area contributed by atoms with Crippen molar-refractivity contribution in [2.24, 2.45) is 0 Å². The van der Waals surface area contributed by atoms with E-state index in [1.807, 2.05) is 12.5 Å². The van der Waals surface area contributed by atoms with Crippen LogP contribution in [0.15, 0.2) is 23.0 Å². The van der Waals surface area contributed by atoms with Crippen LogP contribution in [-0.4, -0.2) is 18.4 Å². The van der Waals surface area contributed by atoms with Crippen LogP contribution in [0.25, 0.3) is 0 Å². The molecule has 0 amide bonds. The Morgan fingerprint density at radius 2 is 1.42 bits per heavy atom. The number of unbranched alkanes of at least 4 members (excludes halogenated alkanes) is 3. The third-order valence-corrected chi connectivity index (χ3v) is 19.8. The predicted molar refractivity (Wildman–Crippen MR) is 87.3 cm³/mol. The van der Waals surface area contributed by atoms with Gasteiger partial charge in [0.1, 0.15) is 0 Å². The summed E-state index contributed by atoms with van der Waals surface area (Å²) in [4.78, 5) is 0. The number of furan rings is 1. The summed E-state index contributed by atoms with van der Waals surface area (Å²) in [6.07, 6.45) is 12.3. The zero-order valence-corrected chi connectivity index (χ0v) is 16.1. The van der Waals surface area contributed by atoms with Crippen LogP contribution in [0, 0.1) is 0 Å². The Morgan fingerprint density at radius 3 is 1.79 bits per heavy atom. The zero-order chi connectivity index (χ0) is 14.0. The van der Waals surface area contributed by atoms with Crippen LogP contribution >= 0.6 is 0 Å². The monoisotopic (exact) mass is 372 g/mol. The first-order valence-corrected chi connectivity index (χ1v) is 16.3. The van der Waals surface area contributed by atoms with Crippen LogP contribution in [-0.2, 0) is 4.44 Å². The molecule has 1 aromatic heterocycles. The quantitative estimate of drug-likeness (QED) is 0.422. The van der Waals surface area contributed by atoms with Gasteiger partial charge in [-0.3, -0.25) is 0 Å². The predicted octanol–water partition coefficient (Wildman–Crippen LogP) is 6.21. The summed E-state index contributed by atoms with van der Waals surface area (Å²) in [5, 5.41) is 0. The number of hydrogen-bond donors (Lipinski definition) is 0. The minimum atomic E-state index is -1.96. The third kappa shape index (κ3) is 6.37. The molecule has 0 aliphatic heterocycles. The molecule has 1 heterocycles. The number of rotatable bonds is 11. The molecular weight excluding hydrogens is 339 g/mol. The van der Waals surface area contributed by atoms with Gasteiger partial charge >= 0.3 is 124 Å². The summed E-state index contributed by atoms with van der Waals surface area (Å²) < 4.78 is 11.5. The molecule has 110 valence electrons. The fourth-order valence-corrected chi connectivity index (χ4v) is 19.3. The van der Waals surface area contributed by atoms with Gasteiger partial charge in [0, 0.05) is 0 Å². The van der Waals surface area contributed by atoms with Crippen molar-refractivity contribution in [3.63, 3.8) is 0 Å². The summed E-state index contributed by atoms with van der Waals surface area (Å²) in [7, 11) is 0. The standard InChI is InChI=1S/C5H5O.3C4H9.Sn/c1-5-2-3-6-4-5;3*1-3-4-2;/h2-4H,1H2;3*1,3-4H2,2H3;. The molecule has 0 spiro atoms. The van der Waals surface area contributed by atoms with Gasteiger partial charge in [-0.25, -0.2) is 0 Å². The molecule has 0 aliphatic carbocycles. The fraction of sp³-hybridized carbons (Fsp3) is 0.765. The molecular formula is C17H32OSn. The molecule has 0 saturated heterocycles. The van der Waals surface area contributed by atoms with E-state index in [1.54, 1.807) is 13.3 Å². The molecule has 1 nitrogen and oxygen atoms in total. The molecule has 0 N–H and O–H groups in total. The molecule has 19 heavy (non-hydrogen) atoms. The molecule has 0 aliphatic rings. The second kappa shape index (κ2) is 9.90. The van der Waals surface area contributed by atoms with Gasteiger partial charge in [0.2, 0.25) is 0 Å². The van der Waals surface area contributed by atoms with Crippen LogP contribution in [0.4, 0.5) is 0 Å². The zero-order valence-electron chi connectivity index (χ0n) is 13.2. The van der Waals surface area contributed by atoms with Crippen LogP contribution < -0.4 is 0 Å². The van der Waals surface area contributed by atoms with Crippen molar-refractivity contribution in [1.29, 1.82) is 0 Å². The van der Waals surface area contributed by atoms with Gasteiger partial charge in [0.25, 0.3) is 0 Å². The molecule has 0 atom stereocenters. The van der Waals surface area contributed by atoms with Gasteiger partial charge in [0.15, 0.2) is 0 Å². The minimum absolute atomic E-state index is 1.36. The van der Waals surface area contributed by atoms with Crippen molar-refractivity contribution in [2.75, 3.05) is 0 Å². The summed E-state index contributed by atoms with van der Waals surface area (Å²) in [5.41, 5.74) is 1.49. The average molecular weight is 371 g/mol. The Hall–Kier alpha value is 0.0787. The molecule has 0 fully saturated rings. The molecule has 0 bridgehead atoms. The van der Waals surface area contributed by atoms with E-state index < -0.39 is 18.4 Å². The first-order chi connectivity index (χ1) is 9.26. The van der Waals surface area contributed by atoms with E-state index in [-0.39, 0.29) is 0 Å². The normalized spacial score (nSPS) is 11.9. The van der Waals surface area contributed by atoms with E-state index in [9.17, 15) is 0 Å². The van der Waals surface area contributed by atoms with Crippen LogP contribution in [0.2, 0.25) is 13.3 Å². The van der Waals surface area contributed by atoms with Crippen molar-refractivity contribution in [3.8, 4) is 0 Å². The number of hydrogen-bond acceptors (Lipinski definition) is 1. The van der Waals surface area contributed by atoms with Crippen molar-refractivity contribution < 1.29 is 4.42 Å². The van der Waals surface area contributed by atoms with Crippen molar-refractivity contribution in [1.82, 2.24) is 0 Å². The van der Waals surface area contributed by atoms with E-state index in [0.717, 1.165) is 0 Å². The van der Waals surface area contributed by atoms with Gasteiger partial charge in [0.05, 0.1) is 0 Å². The summed E-state index contributed by atoms with van der Waals surface area (Å²) in [6, 6.07) is 2.20. The fourth-order valence-electron chi connectivity index (χ4n) is 3.12. The summed E-state index contributed by atoms with van der Waals surface area (Å²) in [6.45, 7) is 7.02. The molecule has 0 aromatic carbocycles. The van der Waals surface area contributed by atoms with E-state index in [4.69, 9.17) is 4.42 Å². The second-order valence-corrected chi connectivity index (χ2v) is 20.0. The second-order valence-electron chi connectivity index (χ2n) is 6.12. The first kappa shape index (κ1) is 17.1. The molecule has 0 unspecified atom stereocenters. The van der Waals surface area contributed by atoms with E-state index >= 15 is 0 Å². The molecule has 0 saturated carbocycles. The molecule has 1 rings (SSSR count). The summed E-state index contributed by atoms with van der Waals surface area (Å²) in [5.74, 6) is 0. The van der Waals surface area contributed by atoms with Crippen LogP contribution in [0.3, 0.4) is 0 Å². The molecule has 0 radical (unpaired) electrons. The average Bonchev–Trinajstić information content (AvgIpc) is 2.93. The molecule has 2 heteroatoms. The Kier molecular flexibility index (Phi) is 8.93.